The molecule has 5 rings (SSSR count). The van der Waals surface area contributed by atoms with Crippen molar-refractivity contribution in [3.05, 3.63) is 65.6 Å². The molecule has 2 N–H and O–H groups in total. The summed E-state index contributed by atoms with van der Waals surface area (Å²) in [6.45, 7) is 3.57. The first kappa shape index (κ1) is 14.5. The molecule has 1 aliphatic rings. The van der Waals surface area contributed by atoms with Gasteiger partial charge < -0.3 is 14.7 Å². The fourth-order valence-electron chi connectivity index (χ4n) is 3.71. The van der Waals surface area contributed by atoms with Crippen molar-refractivity contribution in [1.82, 2.24) is 15.0 Å². The zero-order valence-corrected chi connectivity index (χ0v) is 14.1. The van der Waals surface area contributed by atoms with Crippen LogP contribution in [0.5, 0.6) is 0 Å². The van der Waals surface area contributed by atoms with Crippen molar-refractivity contribution in [2.75, 3.05) is 6.61 Å². The lowest BCUT2D eigenvalue weighted by Crippen LogP contribution is -2.11. The van der Waals surface area contributed by atoms with Crippen LogP contribution in [-0.2, 0) is 17.8 Å². The van der Waals surface area contributed by atoms with Crippen LogP contribution in [0.1, 0.15) is 16.7 Å². The van der Waals surface area contributed by atoms with Crippen LogP contribution in [0.2, 0.25) is 0 Å². The molecule has 0 bridgehead atoms. The van der Waals surface area contributed by atoms with Crippen molar-refractivity contribution >= 4 is 11.0 Å². The zero-order valence-electron chi connectivity index (χ0n) is 14.1. The molecule has 4 heterocycles. The van der Waals surface area contributed by atoms with E-state index in [-0.39, 0.29) is 0 Å². The van der Waals surface area contributed by atoms with Crippen molar-refractivity contribution < 1.29 is 4.74 Å². The molecule has 25 heavy (non-hydrogen) atoms. The number of H-pyrrole nitrogens is 2. The Labute approximate surface area is 145 Å². The molecule has 0 fully saturated rings. The summed E-state index contributed by atoms with van der Waals surface area (Å²) in [6.07, 6.45) is 6.89. The van der Waals surface area contributed by atoms with Crippen molar-refractivity contribution in [3.63, 3.8) is 0 Å². The summed E-state index contributed by atoms with van der Waals surface area (Å²) in [7, 11) is 0. The molecule has 0 saturated heterocycles. The lowest BCUT2D eigenvalue weighted by molar-refractivity contribution is 0.111. The summed E-state index contributed by atoms with van der Waals surface area (Å²) >= 11 is 0. The highest BCUT2D eigenvalue weighted by atomic mass is 16.5. The smallest absolute Gasteiger partial charge is 0.137 e. The molecule has 1 aromatic carbocycles. The zero-order chi connectivity index (χ0) is 16.8. The number of aromatic nitrogens is 3. The fourth-order valence-corrected chi connectivity index (χ4v) is 3.71. The van der Waals surface area contributed by atoms with Gasteiger partial charge in [0, 0.05) is 40.8 Å². The number of benzene rings is 1. The molecule has 0 spiro atoms. The largest absolute Gasteiger partial charge is 0.376 e. The molecule has 1 aliphatic heterocycles. The second-order valence-electron chi connectivity index (χ2n) is 6.64. The first-order chi connectivity index (χ1) is 12.3. The van der Waals surface area contributed by atoms with Crippen LogP contribution < -0.4 is 0 Å². The third-order valence-electron chi connectivity index (χ3n) is 5.06. The van der Waals surface area contributed by atoms with Crippen molar-refractivity contribution in [2.45, 2.75) is 20.0 Å². The predicted octanol–water partition coefficient (Wildman–Crippen LogP) is 4.61. The van der Waals surface area contributed by atoms with E-state index >= 15 is 0 Å². The number of rotatable bonds is 2. The topological polar surface area (TPSA) is 53.7 Å². The molecule has 4 heteroatoms. The van der Waals surface area contributed by atoms with E-state index in [0.29, 0.717) is 6.61 Å². The average Bonchev–Trinajstić information content (AvgIpc) is 3.31. The van der Waals surface area contributed by atoms with Crippen LogP contribution in [0.3, 0.4) is 0 Å². The number of nitrogens with one attached hydrogen (secondary N) is 2. The first-order valence-corrected chi connectivity index (χ1v) is 8.61. The summed E-state index contributed by atoms with van der Waals surface area (Å²) < 4.78 is 5.71. The quantitative estimate of drug-likeness (QED) is 0.564. The molecular formula is C21H19N3O. The van der Waals surface area contributed by atoms with Gasteiger partial charge in [-0.05, 0) is 65.9 Å². The Hall–Kier alpha value is -2.85. The highest BCUT2D eigenvalue weighted by Gasteiger charge is 2.18. The lowest BCUT2D eigenvalue weighted by Gasteiger charge is -2.21. The Bertz CT molecular complexity index is 1060. The Kier molecular flexibility index (Phi) is 3.25. The van der Waals surface area contributed by atoms with Gasteiger partial charge in [0.2, 0.25) is 0 Å². The Morgan fingerprint density at radius 3 is 2.96 bits per heavy atom. The molecule has 4 aromatic rings. The SMILES string of the molecule is Cc1c[nH]c2ncc(-c3cc4c(c(-c5ccc[nH]5)c3)CCOC4)cc12. The number of fused-ring (bicyclic) bond motifs is 2. The van der Waals surface area contributed by atoms with Crippen LogP contribution in [0, 0.1) is 6.92 Å². The van der Waals surface area contributed by atoms with E-state index in [1.165, 1.54) is 33.2 Å². The second-order valence-corrected chi connectivity index (χ2v) is 6.64. The molecule has 0 saturated carbocycles. The van der Waals surface area contributed by atoms with E-state index in [4.69, 9.17) is 4.74 Å². The van der Waals surface area contributed by atoms with Gasteiger partial charge in [-0.3, -0.25) is 0 Å². The minimum Gasteiger partial charge on any atom is -0.376 e. The molecular weight excluding hydrogens is 310 g/mol. The normalized spacial score (nSPS) is 14.0. The highest BCUT2D eigenvalue weighted by molar-refractivity contribution is 5.85. The van der Waals surface area contributed by atoms with Gasteiger partial charge in [-0.1, -0.05) is 0 Å². The predicted molar refractivity (Wildman–Crippen MR) is 99.4 cm³/mol. The minimum absolute atomic E-state index is 0.676. The van der Waals surface area contributed by atoms with Gasteiger partial charge in [-0.2, -0.15) is 0 Å². The van der Waals surface area contributed by atoms with Crippen LogP contribution >= 0.6 is 0 Å². The van der Waals surface area contributed by atoms with Crippen molar-refractivity contribution in [1.29, 1.82) is 0 Å². The van der Waals surface area contributed by atoms with E-state index in [9.17, 15) is 0 Å². The second kappa shape index (κ2) is 5.60. The van der Waals surface area contributed by atoms with E-state index in [0.717, 1.165) is 29.9 Å². The van der Waals surface area contributed by atoms with Crippen molar-refractivity contribution in [3.8, 4) is 22.4 Å². The monoisotopic (exact) mass is 329 g/mol. The summed E-state index contributed by atoms with van der Waals surface area (Å²) in [4.78, 5) is 11.2. The van der Waals surface area contributed by atoms with Gasteiger partial charge in [-0.15, -0.1) is 0 Å². The number of nitrogens with zero attached hydrogens (tertiary/aromatic N) is 1. The van der Waals surface area contributed by atoms with Crippen molar-refractivity contribution in [2.24, 2.45) is 0 Å². The number of pyridine rings is 1. The number of hydrogen-bond acceptors (Lipinski definition) is 2. The standard InChI is InChI=1S/C21H19N3O/c1-13-10-23-21-18(13)9-15(11-24-21)14-7-16-12-25-6-4-17(16)19(8-14)20-3-2-5-22-20/h2-3,5,7-11,22H,4,6,12H2,1H3,(H,23,24). The summed E-state index contributed by atoms with van der Waals surface area (Å²) in [5.41, 5.74) is 9.57. The summed E-state index contributed by atoms with van der Waals surface area (Å²) in [6, 6.07) is 10.9. The summed E-state index contributed by atoms with van der Waals surface area (Å²) in [5.74, 6) is 0. The molecule has 0 atom stereocenters. The number of aromatic amines is 2. The summed E-state index contributed by atoms with van der Waals surface area (Å²) in [5, 5.41) is 1.17. The van der Waals surface area contributed by atoms with Gasteiger partial charge in [0.25, 0.3) is 0 Å². The number of aryl methyl sites for hydroxylation is 1. The first-order valence-electron chi connectivity index (χ1n) is 8.61. The molecule has 0 radical (unpaired) electrons. The lowest BCUT2D eigenvalue weighted by atomic mass is 9.90. The van der Waals surface area contributed by atoms with Gasteiger partial charge in [0.1, 0.15) is 5.65 Å². The van der Waals surface area contributed by atoms with Crippen LogP contribution in [-0.4, -0.2) is 21.6 Å². The van der Waals surface area contributed by atoms with Gasteiger partial charge >= 0.3 is 0 Å². The van der Waals surface area contributed by atoms with Crippen LogP contribution in [0.25, 0.3) is 33.4 Å². The molecule has 124 valence electrons. The van der Waals surface area contributed by atoms with E-state index in [1.807, 2.05) is 24.7 Å². The van der Waals surface area contributed by atoms with Gasteiger partial charge in [-0.25, -0.2) is 4.98 Å². The van der Waals surface area contributed by atoms with E-state index in [2.05, 4.69) is 46.1 Å². The van der Waals surface area contributed by atoms with Crippen LogP contribution in [0.4, 0.5) is 0 Å². The highest BCUT2D eigenvalue weighted by Crippen LogP contribution is 2.34. The third-order valence-corrected chi connectivity index (χ3v) is 5.06. The maximum atomic E-state index is 5.71. The Morgan fingerprint density at radius 2 is 2.08 bits per heavy atom. The van der Waals surface area contributed by atoms with Crippen LogP contribution in [0.15, 0.2) is 48.9 Å². The Morgan fingerprint density at radius 1 is 1.12 bits per heavy atom. The maximum Gasteiger partial charge on any atom is 0.137 e. The van der Waals surface area contributed by atoms with E-state index < -0.39 is 0 Å². The van der Waals surface area contributed by atoms with E-state index in [1.54, 1.807) is 0 Å². The number of ether oxygens (including phenoxy) is 1. The molecule has 0 aliphatic carbocycles. The molecule has 3 aromatic heterocycles. The number of hydrogen-bond donors (Lipinski definition) is 2. The molecule has 0 unspecified atom stereocenters. The molecule has 0 amide bonds. The van der Waals surface area contributed by atoms with Gasteiger partial charge in [0.05, 0.1) is 13.2 Å². The fraction of sp³-hybridized carbons (Fsp3) is 0.190. The van der Waals surface area contributed by atoms with Gasteiger partial charge in [0.15, 0.2) is 0 Å². The third kappa shape index (κ3) is 2.37. The Balaban J connectivity index is 1.72. The average molecular weight is 329 g/mol. The maximum absolute atomic E-state index is 5.71. The minimum atomic E-state index is 0.676. The molecule has 4 nitrogen and oxygen atoms in total.